The van der Waals surface area contributed by atoms with E-state index in [2.05, 4.69) is 26.1 Å². The molecule has 0 spiro atoms. The summed E-state index contributed by atoms with van der Waals surface area (Å²) in [6, 6.07) is 0.308. The van der Waals surface area contributed by atoms with Crippen molar-refractivity contribution in [2.24, 2.45) is 22.5 Å². The molecule has 0 saturated heterocycles. The maximum atomic E-state index is 12.2. The molecule has 3 aliphatic rings. The maximum Gasteiger partial charge on any atom is 0.240 e. The molecule has 3 N–H and O–H groups in total. The summed E-state index contributed by atoms with van der Waals surface area (Å²) in [5.74, 6) is 0.857. The van der Waals surface area contributed by atoms with Crippen molar-refractivity contribution in [2.75, 3.05) is 0 Å². The summed E-state index contributed by atoms with van der Waals surface area (Å²) < 4.78 is 0. The molecule has 0 radical (unpaired) electrons. The van der Waals surface area contributed by atoms with Gasteiger partial charge in [-0.25, -0.2) is 0 Å². The molecule has 0 aromatic heterocycles. The third kappa shape index (κ3) is 1.48. The Morgan fingerprint density at radius 2 is 1.88 bits per heavy atom. The Hall–Kier alpha value is -0.570. The lowest BCUT2D eigenvalue weighted by molar-refractivity contribution is -0.126. The maximum absolute atomic E-state index is 12.2. The fraction of sp³-hybridized carbons (Fsp3) is 0.929. The van der Waals surface area contributed by atoms with Crippen LogP contribution in [0.5, 0.6) is 0 Å². The second-order valence-electron chi connectivity index (χ2n) is 7.48. The van der Waals surface area contributed by atoms with Crippen LogP contribution in [-0.2, 0) is 4.79 Å². The van der Waals surface area contributed by atoms with Crippen molar-refractivity contribution < 1.29 is 4.79 Å². The zero-order valence-electron chi connectivity index (χ0n) is 11.2. The average molecular weight is 236 g/mol. The van der Waals surface area contributed by atoms with Gasteiger partial charge in [-0.15, -0.1) is 0 Å². The molecule has 3 saturated carbocycles. The molecular formula is C14H24N2O. The molecule has 3 heteroatoms. The van der Waals surface area contributed by atoms with Crippen molar-refractivity contribution in [3.63, 3.8) is 0 Å². The molecule has 3 fully saturated rings. The Morgan fingerprint density at radius 1 is 1.24 bits per heavy atom. The highest BCUT2D eigenvalue weighted by atomic mass is 16.2. The molecule has 0 aliphatic heterocycles. The van der Waals surface area contributed by atoms with Gasteiger partial charge in [0.1, 0.15) is 0 Å². The minimum Gasteiger partial charge on any atom is -0.351 e. The number of nitrogens with two attached hydrogens (primary N) is 1. The zero-order valence-corrected chi connectivity index (χ0v) is 11.2. The summed E-state index contributed by atoms with van der Waals surface area (Å²) in [6.45, 7) is 6.95. The number of carbonyl (C=O) groups excluding carboxylic acids is 1. The number of hydrogen-bond acceptors (Lipinski definition) is 2. The van der Waals surface area contributed by atoms with E-state index >= 15 is 0 Å². The first-order chi connectivity index (χ1) is 7.78. The SMILES string of the molecule is CC12CCC(C1)C(C)(C)C2NC(=O)C1(N)CC1. The van der Waals surface area contributed by atoms with Gasteiger partial charge in [-0.1, -0.05) is 20.8 Å². The topological polar surface area (TPSA) is 55.1 Å². The fourth-order valence-electron chi connectivity index (χ4n) is 4.30. The number of hydrogen-bond donors (Lipinski definition) is 2. The van der Waals surface area contributed by atoms with Gasteiger partial charge in [0, 0.05) is 6.04 Å². The lowest BCUT2D eigenvalue weighted by Crippen LogP contribution is -2.56. The molecule has 0 heterocycles. The largest absolute Gasteiger partial charge is 0.351 e. The van der Waals surface area contributed by atoms with E-state index in [1.165, 1.54) is 19.3 Å². The molecule has 2 bridgehead atoms. The number of fused-ring (bicyclic) bond motifs is 2. The van der Waals surface area contributed by atoms with Crippen LogP contribution in [0.4, 0.5) is 0 Å². The van der Waals surface area contributed by atoms with Crippen LogP contribution in [0.15, 0.2) is 0 Å². The molecule has 0 aromatic carbocycles. The Kier molecular flexibility index (Phi) is 2.07. The minimum atomic E-state index is -0.533. The third-order valence-corrected chi connectivity index (χ3v) is 5.79. The Balaban J connectivity index is 1.80. The molecule has 3 rings (SSSR count). The van der Waals surface area contributed by atoms with Crippen LogP contribution in [0.3, 0.4) is 0 Å². The minimum absolute atomic E-state index is 0.0874. The van der Waals surface area contributed by atoms with Crippen molar-refractivity contribution in [2.45, 2.75) is 64.5 Å². The van der Waals surface area contributed by atoms with Gasteiger partial charge in [-0.2, -0.15) is 0 Å². The summed E-state index contributed by atoms with van der Waals surface area (Å²) >= 11 is 0. The van der Waals surface area contributed by atoms with Crippen LogP contribution in [0, 0.1) is 16.7 Å². The molecular weight excluding hydrogens is 212 g/mol. The van der Waals surface area contributed by atoms with Gasteiger partial charge < -0.3 is 11.1 Å². The lowest BCUT2D eigenvalue weighted by atomic mass is 9.68. The van der Waals surface area contributed by atoms with E-state index in [1.54, 1.807) is 0 Å². The number of carbonyl (C=O) groups is 1. The number of nitrogens with one attached hydrogen (secondary N) is 1. The molecule has 3 aliphatic carbocycles. The number of amides is 1. The summed E-state index contributed by atoms with van der Waals surface area (Å²) in [4.78, 5) is 12.2. The Bertz CT molecular complexity index is 368. The Labute approximate surface area is 104 Å². The van der Waals surface area contributed by atoms with E-state index in [0.29, 0.717) is 11.5 Å². The lowest BCUT2D eigenvalue weighted by Gasteiger charge is -2.43. The predicted octanol–water partition coefficient (Wildman–Crippen LogP) is 1.81. The van der Waals surface area contributed by atoms with Crippen LogP contribution >= 0.6 is 0 Å². The van der Waals surface area contributed by atoms with Gasteiger partial charge in [-0.05, 0) is 48.9 Å². The molecule has 17 heavy (non-hydrogen) atoms. The second kappa shape index (κ2) is 3.05. The van der Waals surface area contributed by atoms with Gasteiger partial charge in [0.15, 0.2) is 0 Å². The highest BCUT2D eigenvalue weighted by Crippen LogP contribution is 2.62. The molecule has 3 unspecified atom stereocenters. The highest BCUT2D eigenvalue weighted by Gasteiger charge is 2.61. The third-order valence-electron chi connectivity index (χ3n) is 5.79. The van der Waals surface area contributed by atoms with Crippen LogP contribution in [0.1, 0.15) is 52.9 Å². The highest BCUT2D eigenvalue weighted by molar-refractivity contribution is 5.89. The zero-order chi connectivity index (χ0) is 12.5. The summed E-state index contributed by atoms with van der Waals surface area (Å²) in [6.07, 6.45) is 5.55. The van der Waals surface area contributed by atoms with Crippen molar-refractivity contribution in [1.82, 2.24) is 5.32 Å². The van der Waals surface area contributed by atoms with Crippen LogP contribution in [0.2, 0.25) is 0 Å². The fourth-order valence-corrected chi connectivity index (χ4v) is 4.30. The monoisotopic (exact) mass is 236 g/mol. The number of rotatable bonds is 2. The van der Waals surface area contributed by atoms with Gasteiger partial charge >= 0.3 is 0 Å². The average Bonchev–Trinajstić information content (AvgIpc) is 2.80. The summed E-state index contributed by atoms with van der Waals surface area (Å²) in [7, 11) is 0. The molecule has 96 valence electrons. The van der Waals surface area contributed by atoms with E-state index in [1.807, 2.05) is 0 Å². The molecule has 3 nitrogen and oxygen atoms in total. The predicted molar refractivity (Wildman–Crippen MR) is 67.3 cm³/mol. The van der Waals surface area contributed by atoms with E-state index in [9.17, 15) is 4.79 Å². The standard InChI is InChI=1S/C14H24N2O/c1-12(2)9-4-5-13(3,8-9)10(12)16-11(17)14(15)6-7-14/h9-10H,4-8,15H2,1-3H3,(H,16,17). The van der Waals surface area contributed by atoms with Crippen molar-refractivity contribution in [1.29, 1.82) is 0 Å². The van der Waals surface area contributed by atoms with Crippen LogP contribution in [-0.4, -0.2) is 17.5 Å². The smallest absolute Gasteiger partial charge is 0.240 e. The normalized spacial score (nSPS) is 44.7. The van der Waals surface area contributed by atoms with Gasteiger partial charge in [0.2, 0.25) is 5.91 Å². The van der Waals surface area contributed by atoms with Gasteiger partial charge in [-0.3, -0.25) is 4.79 Å². The van der Waals surface area contributed by atoms with Gasteiger partial charge in [0.25, 0.3) is 0 Å². The molecule has 0 aromatic rings. The van der Waals surface area contributed by atoms with E-state index in [-0.39, 0.29) is 11.3 Å². The first kappa shape index (κ1) is 11.5. The van der Waals surface area contributed by atoms with E-state index in [4.69, 9.17) is 5.73 Å². The summed E-state index contributed by atoms with van der Waals surface area (Å²) in [5, 5.41) is 3.28. The van der Waals surface area contributed by atoms with Crippen molar-refractivity contribution in [3.8, 4) is 0 Å². The van der Waals surface area contributed by atoms with Gasteiger partial charge in [0.05, 0.1) is 5.54 Å². The van der Waals surface area contributed by atoms with Crippen molar-refractivity contribution >= 4 is 5.91 Å². The van der Waals surface area contributed by atoms with Crippen molar-refractivity contribution in [3.05, 3.63) is 0 Å². The van der Waals surface area contributed by atoms with Crippen LogP contribution < -0.4 is 11.1 Å². The quantitative estimate of drug-likeness (QED) is 0.768. The summed E-state index contributed by atoms with van der Waals surface area (Å²) in [5.41, 5.74) is 5.98. The molecule has 3 atom stereocenters. The van der Waals surface area contributed by atoms with E-state index < -0.39 is 5.54 Å². The van der Waals surface area contributed by atoms with E-state index in [0.717, 1.165) is 18.8 Å². The van der Waals surface area contributed by atoms with Crippen LogP contribution in [0.25, 0.3) is 0 Å². The second-order valence-corrected chi connectivity index (χ2v) is 7.48. The Morgan fingerprint density at radius 3 is 2.35 bits per heavy atom. The molecule has 1 amide bonds. The first-order valence-electron chi connectivity index (χ1n) is 6.88. The first-order valence-corrected chi connectivity index (χ1v) is 6.88.